The van der Waals surface area contributed by atoms with Crippen molar-refractivity contribution in [1.82, 2.24) is 4.98 Å². The molecule has 0 radical (unpaired) electrons. The molecule has 0 aliphatic rings. The van der Waals surface area contributed by atoms with E-state index in [1.807, 2.05) is 0 Å². The molecule has 1 atom stereocenters. The van der Waals surface area contributed by atoms with Crippen LogP contribution in [0, 0.1) is 0 Å². The molecule has 0 aliphatic carbocycles. The third kappa shape index (κ3) is 1.91. The van der Waals surface area contributed by atoms with Gasteiger partial charge in [0.15, 0.2) is 0 Å². The summed E-state index contributed by atoms with van der Waals surface area (Å²) in [7, 11) is 1.57. The molecule has 0 saturated heterocycles. The van der Waals surface area contributed by atoms with Gasteiger partial charge in [0, 0.05) is 11.8 Å². The monoisotopic (exact) mass is 153 g/mol. The second-order valence-electron chi connectivity index (χ2n) is 2.33. The highest BCUT2D eigenvalue weighted by Crippen LogP contribution is 2.15. The van der Waals surface area contributed by atoms with E-state index in [-0.39, 0.29) is 0 Å². The maximum absolute atomic E-state index is 9.15. The van der Waals surface area contributed by atoms with Gasteiger partial charge in [-0.3, -0.25) is 4.98 Å². The Labute approximate surface area is 65.7 Å². The highest BCUT2D eigenvalue weighted by atomic mass is 16.5. The van der Waals surface area contributed by atoms with E-state index in [9.17, 15) is 0 Å². The summed E-state index contributed by atoms with van der Waals surface area (Å²) in [5.41, 5.74) is 0.768. The Morgan fingerprint density at radius 1 is 1.55 bits per heavy atom. The van der Waals surface area contributed by atoms with Gasteiger partial charge in [-0.1, -0.05) is 0 Å². The zero-order chi connectivity index (χ0) is 8.27. The zero-order valence-electron chi connectivity index (χ0n) is 6.61. The zero-order valence-corrected chi connectivity index (χ0v) is 6.61. The Balaban J connectivity index is 2.91. The first-order valence-electron chi connectivity index (χ1n) is 3.41. The maximum Gasteiger partial charge on any atom is 0.137 e. The molecule has 1 aromatic rings. The van der Waals surface area contributed by atoms with Crippen LogP contribution >= 0.6 is 0 Å². The van der Waals surface area contributed by atoms with Crippen LogP contribution in [0.3, 0.4) is 0 Å². The van der Waals surface area contributed by atoms with Gasteiger partial charge in [-0.05, 0) is 13.0 Å². The number of nitrogens with zero attached hydrogens (tertiary/aromatic N) is 1. The molecule has 1 N–H and O–H groups in total. The second-order valence-corrected chi connectivity index (χ2v) is 2.33. The predicted octanol–water partition coefficient (Wildman–Crippen LogP) is 1.14. The molecular weight excluding hydrogens is 142 g/mol. The molecule has 3 heteroatoms. The molecule has 60 valence electrons. The number of pyridine rings is 1. The van der Waals surface area contributed by atoms with Gasteiger partial charge in [-0.15, -0.1) is 0 Å². The third-order valence-corrected chi connectivity index (χ3v) is 1.45. The Morgan fingerprint density at radius 2 is 2.27 bits per heavy atom. The summed E-state index contributed by atoms with van der Waals surface area (Å²) in [5.74, 6) is 0.670. The van der Waals surface area contributed by atoms with Crippen LogP contribution in [0.1, 0.15) is 18.6 Å². The third-order valence-electron chi connectivity index (χ3n) is 1.45. The first kappa shape index (κ1) is 8.01. The molecule has 0 fully saturated rings. The van der Waals surface area contributed by atoms with Crippen molar-refractivity contribution in [2.24, 2.45) is 0 Å². The summed E-state index contributed by atoms with van der Waals surface area (Å²) in [6.45, 7) is 1.69. The van der Waals surface area contributed by atoms with Crippen LogP contribution < -0.4 is 4.74 Å². The SMILES string of the molecule is COc1cncc([C@H](C)O)c1. The Morgan fingerprint density at radius 3 is 2.82 bits per heavy atom. The van der Waals surface area contributed by atoms with Gasteiger partial charge in [0.2, 0.25) is 0 Å². The molecule has 0 bridgehead atoms. The Bertz CT molecular complexity index is 235. The Hall–Kier alpha value is -1.09. The number of aliphatic hydroxyl groups is 1. The van der Waals surface area contributed by atoms with E-state index in [0.717, 1.165) is 5.56 Å². The van der Waals surface area contributed by atoms with Crippen molar-refractivity contribution >= 4 is 0 Å². The fourth-order valence-corrected chi connectivity index (χ4v) is 0.776. The molecule has 0 unspecified atom stereocenters. The van der Waals surface area contributed by atoms with Crippen LogP contribution in [0.15, 0.2) is 18.5 Å². The van der Waals surface area contributed by atoms with Crippen LogP contribution in [-0.4, -0.2) is 17.2 Å². The van der Waals surface area contributed by atoms with Gasteiger partial charge in [0.25, 0.3) is 0 Å². The molecule has 0 aromatic carbocycles. The van der Waals surface area contributed by atoms with Crippen molar-refractivity contribution < 1.29 is 9.84 Å². The molecule has 0 spiro atoms. The summed E-state index contributed by atoms with van der Waals surface area (Å²) in [5, 5.41) is 9.15. The van der Waals surface area contributed by atoms with E-state index in [1.54, 1.807) is 32.5 Å². The van der Waals surface area contributed by atoms with Crippen molar-refractivity contribution in [3.05, 3.63) is 24.0 Å². The lowest BCUT2D eigenvalue weighted by molar-refractivity contribution is 0.198. The summed E-state index contributed by atoms with van der Waals surface area (Å²) >= 11 is 0. The van der Waals surface area contributed by atoms with E-state index in [1.165, 1.54) is 0 Å². The molecule has 1 rings (SSSR count). The Kier molecular flexibility index (Phi) is 2.44. The van der Waals surface area contributed by atoms with Crippen LogP contribution in [0.5, 0.6) is 5.75 Å². The standard InChI is InChI=1S/C8H11NO2/c1-6(10)7-3-8(11-2)5-9-4-7/h3-6,10H,1-2H3/t6-/m0/s1. The van der Waals surface area contributed by atoms with Crippen molar-refractivity contribution in [3.63, 3.8) is 0 Å². The first-order chi connectivity index (χ1) is 5.24. The summed E-state index contributed by atoms with van der Waals surface area (Å²) in [6, 6.07) is 1.76. The topological polar surface area (TPSA) is 42.4 Å². The number of hydrogen-bond donors (Lipinski definition) is 1. The van der Waals surface area contributed by atoms with E-state index in [2.05, 4.69) is 4.98 Å². The first-order valence-corrected chi connectivity index (χ1v) is 3.41. The van der Waals surface area contributed by atoms with Gasteiger partial charge >= 0.3 is 0 Å². The van der Waals surface area contributed by atoms with Crippen LogP contribution in [0.4, 0.5) is 0 Å². The van der Waals surface area contributed by atoms with Crippen molar-refractivity contribution in [2.45, 2.75) is 13.0 Å². The lowest BCUT2D eigenvalue weighted by Crippen LogP contribution is -1.93. The van der Waals surface area contributed by atoms with Crippen molar-refractivity contribution in [3.8, 4) is 5.75 Å². The van der Waals surface area contributed by atoms with Crippen LogP contribution in [0.25, 0.3) is 0 Å². The summed E-state index contributed by atoms with van der Waals surface area (Å²) in [4.78, 5) is 3.89. The van der Waals surface area contributed by atoms with Crippen molar-refractivity contribution in [2.75, 3.05) is 7.11 Å². The maximum atomic E-state index is 9.15. The number of aromatic nitrogens is 1. The molecule has 0 aliphatic heterocycles. The minimum absolute atomic E-state index is 0.488. The number of methoxy groups -OCH3 is 1. The number of ether oxygens (including phenoxy) is 1. The van der Waals surface area contributed by atoms with Gasteiger partial charge in [0.1, 0.15) is 5.75 Å². The largest absolute Gasteiger partial charge is 0.495 e. The number of hydrogen-bond acceptors (Lipinski definition) is 3. The minimum atomic E-state index is -0.488. The van der Waals surface area contributed by atoms with Gasteiger partial charge in [0.05, 0.1) is 19.4 Å². The minimum Gasteiger partial charge on any atom is -0.495 e. The normalized spacial score (nSPS) is 12.6. The lowest BCUT2D eigenvalue weighted by atomic mass is 10.2. The van der Waals surface area contributed by atoms with E-state index in [0.29, 0.717) is 5.75 Å². The van der Waals surface area contributed by atoms with Crippen molar-refractivity contribution in [1.29, 1.82) is 0 Å². The molecule has 3 nitrogen and oxygen atoms in total. The average Bonchev–Trinajstić information content (AvgIpc) is 2.05. The molecule has 0 saturated carbocycles. The highest BCUT2D eigenvalue weighted by molar-refractivity contribution is 5.24. The van der Waals surface area contributed by atoms with Gasteiger partial charge < -0.3 is 9.84 Å². The van der Waals surface area contributed by atoms with E-state index in [4.69, 9.17) is 9.84 Å². The quantitative estimate of drug-likeness (QED) is 0.692. The van der Waals surface area contributed by atoms with Crippen LogP contribution in [0.2, 0.25) is 0 Å². The lowest BCUT2D eigenvalue weighted by Gasteiger charge is -2.04. The van der Waals surface area contributed by atoms with E-state index >= 15 is 0 Å². The molecule has 0 amide bonds. The molecule has 11 heavy (non-hydrogen) atoms. The molecular formula is C8H11NO2. The average molecular weight is 153 g/mol. The highest BCUT2D eigenvalue weighted by Gasteiger charge is 2.01. The fraction of sp³-hybridized carbons (Fsp3) is 0.375. The predicted molar refractivity (Wildman–Crippen MR) is 41.4 cm³/mol. The number of rotatable bonds is 2. The van der Waals surface area contributed by atoms with E-state index < -0.39 is 6.10 Å². The van der Waals surface area contributed by atoms with Gasteiger partial charge in [-0.2, -0.15) is 0 Å². The molecule has 1 aromatic heterocycles. The molecule has 1 heterocycles. The van der Waals surface area contributed by atoms with Crippen LogP contribution in [-0.2, 0) is 0 Å². The number of aliphatic hydroxyl groups excluding tert-OH is 1. The fourth-order valence-electron chi connectivity index (χ4n) is 0.776. The summed E-state index contributed by atoms with van der Waals surface area (Å²) < 4.78 is 4.93. The van der Waals surface area contributed by atoms with Gasteiger partial charge in [-0.25, -0.2) is 0 Å². The second kappa shape index (κ2) is 3.34. The summed E-state index contributed by atoms with van der Waals surface area (Å²) in [6.07, 6.45) is 2.73. The smallest absolute Gasteiger partial charge is 0.137 e.